The average molecular weight is 290 g/mol. The van der Waals surface area contributed by atoms with Gasteiger partial charge in [-0.25, -0.2) is 4.79 Å². The topological polar surface area (TPSA) is 80.7 Å². The van der Waals surface area contributed by atoms with E-state index in [1.165, 1.54) is 0 Å². The van der Waals surface area contributed by atoms with Crippen LogP contribution in [0.1, 0.15) is 42.5 Å². The fourth-order valence-electron chi connectivity index (χ4n) is 2.55. The lowest BCUT2D eigenvalue weighted by Gasteiger charge is -2.27. The molecule has 0 spiro atoms. The van der Waals surface area contributed by atoms with Gasteiger partial charge in [0, 0.05) is 18.8 Å². The van der Waals surface area contributed by atoms with E-state index in [-0.39, 0.29) is 24.2 Å². The second-order valence-electron chi connectivity index (χ2n) is 5.26. The summed E-state index contributed by atoms with van der Waals surface area (Å²) in [4.78, 5) is 34.3. The Hall–Kier alpha value is -2.17. The summed E-state index contributed by atoms with van der Waals surface area (Å²) in [7, 11) is 0. The summed E-state index contributed by atoms with van der Waals surface area (Å²) in [5.74, 6) is -1.55. The van der Waals surface area contributed by atoms with Gasteiger partial charge in [0.15, 0.2) is 0 Å². The first-order valence-electron chi connectivity index (χ1n) is 7.07. The number of esters is 1. The summed E-state index contributed by atoms with van der Waals surface area (Å²) in [5, 5.41) is 8.69. The van der Waals surface area contributed by atoms with Gasteiger partial charge in [0.25, 0.3) is 0 Å². The van der Waals surface area contributed by atoms with Crippen LogP contribution in [0.4, 0.5) is 0 Å². The number of carboxylic acid groups (broad SMARTS) is 1. The number of ether oxygens (including phenoxy) is 1. The van der Waals surface area contributed by atoms with E-state index >= 15 is 0 Å². The number of carbonyl (C=O) groups is 3. The number of benzene rings is 1. The quantitative estimate of drug-likeness (QED) is 0.842. The number of hydrogen-bond acceptors (Lipinski definition) is 4. The Bertz CT molecular complexity index is 523. The molecule has 1 fully saturated rings. The van der Waals surface area contributed by atoms with E-state index < -0.39 is 11.9 Å². The largest absolute Gasteiger partial charge is 0.481 e. The fourth-order valence-corrected chi connectivity index (χ4v) is 2.55. The first-order chi connectivity index (χ1) is 10.1. The highest BCUT2D eigenvalue weighted by molar-refractivity contribution is 5.89. The van der Waals surface area contributed by atoms with Crippen LogP contribution in [-0.4, -0.2) is 28.9 Å². The molecule has 5 nitrogen and oxygen atoms in total. The number of aliphatic carboxylic acids is 1. The molecule has 1 aliphatic carbocycles. The average Bonchev–Trinajstić information content (AvgIpc) is 2.48. The Labute approximate surface area is 122 Å². The van der Waals surface area contributed by atoms with Gasteiger partial charge in [0.1, 0.15) is 11.9 Å². The molecule has 0 heterocycles. The van der Waals surface area contributed by atoms with Gasteiger partial charge in [-0.05, 0) is 31.4 Å². The van der Waals surface area contributed by atoms with Gasteiger partial charge in [0.2, 0.25) is 0 Å². The third-order valence-electron chi connectivity index (χ3n) is 3.71. The molecule has 2 rings (SSSR count). The SMILES string of the molecule is O=C(O)CCC1CC(OC(=O)c2ccccc2)CCC1=O. The smallest absolute Gasteiger partial charge is 0.338 e. The molecule has 5 heteroatoms. The zero-order valence-electron chi connectivity index (χ0n) is 11.7. The van der Waals surface area contributed by atoms with Crippen molar-refractivity contribution in [3.8, 4) is 0 Å². The monoisotopic (exact) mass is 290 g/mol. The molecule has 1 N–H and O–H groups in total. The van der Waals surface area contributed by atoms with Crippen LogP contribution in [-0.2, 0) is 14.3 Å². The van der Waals surface area contributed by atoms with Crippen LogP contribution < -0.4 is 0 Å². The zero-order valence-corrected chi connectivity index (χ0v) is 11.7. The molecule has 0 bridgehead atoms. The van der Waals surface area contributed by atoms with Crippen molar-refractivity contribution >= 4 is 17.7 Å². The predicted octanol–water partition coefficient (Wildman–Crippen LogP) is 2.45. The predicted molar refractivity (Wildman–Crippen MR) is 74.9 cm³/mol. The van der Waals surface area contributed by atoms with Gasteiger partial charge < -0.3 is 9.84 Å². The molecule has 2 atom stereocenters. The maximum atomic E-state index is 12.0. The number of rotatable bonds is 5. The van der Waals surface area contributed by atoms with Gasteiger partial charge in [-0.3, -0.25) is 9.59 Å². The third kappa shape index (κ3) is 4.41. The lowest BCUT2D eigenvalue weighted by atomic mass is 9.83. The zero-order chi connectivity index (χ0) is 15.2. The Balaban J connectivity index is 1.90. The molecule has 0 saturated heterocycles. The highest BCUT2D eigenvalue weighted by Crippen LogP contribution is 2.27. The maximum absolute atomic E-state index is 12.0. The Morgan fingerprint density at radius 1 is 1.24 bits per heavy atom. The van der Waals surface area contributed by atoms with Crippen molar-refractivity contribution in [2.75, 3.05) is 0 Å². The van der Waals surface area contributed by atoms with Gasteiger partial charge in [-0.1, -0.05) is 18.2 Å². The molecule has 21 heavy (non-hydrogen) atoms. The van der Waals surface area contributed by atoms with Gasteiger partial charge in [0.05, 0.1) is 5.56 Å². The molecule has 112 valence electrons. The summed E-state index contributed by atoms with van der Waals surface area (Å²) < 4.78 is 5.42. The second-order valence-corrected chi connectivity index (χ2v) is 5.26. The Morgan fingerprint density at radius 2 is 1.95 bits per heavy atom. The number of hydrogen-bond donors (Lipinski definition) is 1. The molecule has 1 aliphatic rings. The number of carboxylic acids is 1. The first kappa shape index (κ1) is 15.2. The van der Waals surface area contributed by atoms with Crippen LogP contribution in [0.25, 0.3) is 0 Å². The van der Waals surface area contributed by atoms with E-state index in [1.54, 1.807) is 24.3 Å². The molecule has 0 amide bonds. The van der Waals surface area contributed by atoms with Crippen LogP contribution in [0.15, 0.2) is 30.3 Å². The van der Waals surface area contributed by atoms with E-state index in [2.05, 4.69) is 0 Å². The van der Waals surface area contributed by atoms with E-state index in [0.29, 0.717) is 31.2 Å². The molecule has 0 aromatic heterocycles. The lowest BCUT2D eigenvalue weighted by molar-refractivity contribution is -0.138. The van der Waals surface area contributed by atoms with Crippen molar-refractivity contribution in [3.63, 3.8) is 0 Å². The minimum absolute atomic E-state index is 0.0320. The minimum atomic E-state index is -0.911. The van der Waals surface area contributed by atoms with E-state index in [9.17, 15) is 14.4 Å². The van der Waals surface area contributed by atoms with Crippen LogP contribution in [0, 0.1) is 5.92 Å². The molecule has 0 aliphatic heterocycles. The molecular formula is C16H18O5. The van der Waals surface area contributed by atoms with E-state index in [4.69, 9.17) is 9.84 Å². The van der Waals surface area contributed by atoms with E-state index in [0.717, 1.165) is 0 Å². The van der Waals surface area contributed by atoms with Gasteiger partial charge >= 0.3 is 11.9 Å². The standard InChI is InChI=1S/C16H18O5/c17-14-8-7-13(10-12(14)6-9-15(18)19)21-16(20)11-4-2-1-3-5-11/h1-5,12-13H,6-10H2,(H,18,19). The summed E-state index contributed by atoms with van der Waals surface area (Å²) >= 11 is 0. The highest BCUT2D eigenvalue weighted by atomic mass is 16.5. The maximum Gasteiger partial charge on any atom is 0.338 e. The van der Waals surface area contributed by atoms with E-state index in [1.807, 2.05) is 6.07 Å². The minimum Gasteiger partial charge on any atom is -0.481 e. The Kier molecular flexibility index (Phi) is 5.09. The summed E-state index contributed by atoms with van der Waals surface area (Å²) in [5.41, 5.74) is 0.483. The first-order valence-corrected chi connectivity index (χ1v) is 7.07. The Morgan fingerprint density at radius 3 is 2.62 bits per heavy atom. The van der Waals surface area contributed by atoms with Crippen molar-refractivity contribution in [1.29, 1.82) is 0 Å². The van der Waals surface area contributed by atoms with Gasteiger partial charge in [-0.2, -0.15) is 0 Å². The van der Waals surface area contributed by atoms with Crippen molar-refractivity contribution in [3.05, 3.63) is 35.9 Å². The third-order valence-corrected chi connectivity index (χ3v) is 3.71. The normalized spacial score (nSPS) is 21.8. The van der Waals surface area contributed by atoms with Gasteiger partial charge in [-0.15, -0.1) is 0 Å². The lowest BCUT2D eigenvalue weighted by Crippen LogP contribution is -2.31. The summed E-state index contributed by atoms with van der Waals surface area (Å²) in [6.45, 7) is 0. The van der Waals surface area contributed by atoms with Crippen molar-refractivity contribution in [2.45, 2.75) is 38.2 Å². The molecule has 1 aromatic rings. The summed E-state index contributed by atoms with van der Waals surface area (Å²) in [6, 6.07) is 8.70. The second kappa shape index (κ2) is 7.02. The molecule has 2 unspecified atom stereocenters. The molecule has 0 radical (unpaired) electrons. The van der Waals surface area contributed by atoms with Crippen LogP contribution >= 0.6 is 0 Å². The molecular weight excluding hydrogens is 272 g/mol. The van der Waals surface area contributed by atoms with Crippen LogP contribution in [0.3, 0.4) is 0 Å². The van der Waals surface area contributed by atoms with Crippen molar-refractivity contribution in [2.24, 2.45) is 5.92 Å². The molecule has 1 saturated carbocycles. The van der Waals surface area contributed by atoms with Crippen molar-refractivity contribution < 1.29 is 24.2 Å². The van der Waals surface area contributed by atoms with Crippen LogP contribution in [0.5, 0.6) is 0 Å². The fraction of sp³-hybridized carbons (Fsp3) is 0.438. The number of carbonyl (C=O) groups excluding carboxylic acids is 2. The van der Waals surface area contributed by atoms with Crippen LogP contribution in [0.2, 0.25) is 0 Å². The summed E-state index contributed by atoms with van der Waals surface area (Å²) in [6.07, 6.45) is 1.25. The molecule has 1 aromatic carbocycles. The van der Waals surface area contributed by atoms with Crippen molar-refractivity contribution in [1.82, 2.24) is 0 Å². The number of ketones is 1. The highest BCUT2D eigenvalue weighted by Gasteiger charge is 2.31. The number of Topliss-reactive ketones (excluding diaryl/α,β-unsaturated/α-hetero) is 1.